The van der Waals surface area contributed by atoms with E-state index in [1.165, 1.54) is 0 Å². The van der Waals surface area contributed by atoms with Gasteiger partial charge in [-0.25, -0.2) is 0 Å². The van der Waals surface area contributed by atoms with Gasteiger partial charge in [0.1, 0.15) is 0 Å². The van der Waals surface area contributed by atoms with Crippen LogP contribution in [-0.4, -0.2) is 0 Å². The number of hydrogen-bond donors (Lipinski definition) is 0. The van der Waals surface area contributed by atoms with E-state index in [4.69, 9.17) is 0 Å². The Labute approximate surface area is 67.0 Å². The van der Waals surface area contributed by atoms with Gasteiger partial charge in [-0.05, 0) is 0 Å². The van der Waals surface area contributed by atoms with Crippen molar-refractivity contribution in [2.24, 2.45) is 0 Å². The van der Waals surface area contributed by atoms with Crippen molar-refractivity contribution in [3.05, 3.63) is 0 Å². The zero-order valence-electron chi connectivity index (χ0n) is 7.71. The minimum absolute atomic E-state index is 0.333. The average Bonchev–Trinajstić information content (AvgIpc) is 1.14. The number of hydrogen-bond acceptors (Lipinski definition) is 0. The topological polar surface area (TPSA) is 0 Å². The molecule has 0 aromatic carbocycles. The number of rotatable bonds is 0. The van der Waals surface area contributed by atoms with Gasteiger partial charge in [0, 0.05) is 0 Å². The Kier molecular flexibility index (Phi) is 2.89. The van der Waals surface area contributed by atoms with Gasteiger partial charge in [0.15, 0.2) is 0 Å². The van der Waals surface area contributed by atoms with E-state index in [9.17, 15) is 0 Å². The molecule has 0 spiro atoms. The third-order valence-electron chi connectivity index (χ3n) is 1.06. The molecule has 0 nitrogen and oxygen atoms in total. The summed E-state index contributed by atoms with van der Waals surface area (Å²) >= 11 is -0.333. The van der Waals surface area contributed by atoms with E-state index in [0.717, 1.165) is 0 Å². The van der Waals surface area contributed by atoms with Crippen molar-refractivity contribution in [2.75, 3.05) is 0 Å². The molecule has 0 rings (SSSR count). The molecule has 0 aliphatic carbocycles. The first-order valence-corrected chi connectivity index (χ1v) is 6.67. The maximum atomic E-state index is 2.37. The Morgan fingerprint density at radius 3 is 0.889 bits per heavy atom. The molecule has 0 amide bonds. The van der Waals surface area contributed by atoms with Crippen molar-refractivity contribution in [3.8, 4) is 0 Å². The molecule has 0 saturated carbocycles. The van der Waals surface area contributed by atoms with Crippen molar-refractivity contribution in [3.63, 3.8) is 0 Å². The Morgan fingerprint density at radius 1 is 0.667 bits per heavy atom. The predicted molar refractivity (Wildman–Crippen MR) is 39.4 cm³/mol. The Morgan fingerprint density at radius 2 is 0.889 bits per heavy atom. The second kappa shape index (κ2) is 2.70. The van der Waals surface area contributed by atoms with Crippen LogP contribution in [0.3, 0.4) is 0 Å². The summed E-state index contributed by atoms with van der Waals surface area (Å²) in [5.41, 5.74) is 0. The summed E-state index contributed by atoms with van der Waals surface area (Å²) in [5, 5.41) is 0. The summed E-state index contributed by atoms with van der Waals surface area (Å²) in [6.07, 6.45) is 0. The first-order valence-electron chi connectivity index (χ1n) is 3.71. The van der Waals surface area contributed by atoms with Crippen molar-refractivity contribution >= 4 is 0 Å². The third-order valence-corrected chi connectivity index (χ3v) is 5.51. The summed E-state index contributed by atoms with van der Waals surface area (Å²) in [6.45, 7) is 14.2. The van der Waals surface area contributed by atoms with Gasteiger partial charge in [-0.3, -0.25) is 0 Å². The molecule has 0 aromatic rings. The van der Waals surface area contributed by atoms with Crippen LogP contribution in [0.25, 0.3) is 0 Å². The van der Waals surface area contributed by atoms with E-state index in [1.807, 2.05) is 0 Å². The molecule has 0 saturated heterocycles. The molecule has 0 N–H and O–H groups in total. The fraction of sp³-hybridized carbons (Fsp3) is 1.00. The molecule has 0 heterocycles. The Balaban J connectivity index is 3.75. The Hall–Kier alpha value is 0.623. The molecule has 9 heavy (non-hydrogen) atoms. The van der Waals surface area contributed by atoms with Gasteiger partial charge in [0.05, 0.1) is 0 Å². The van der Waals surface area contributed by atoms with Crippen LogP contribution in [-0.2, 0) is 17.1 Å². The van der Waals surface area contributed by atoms with E-state index in [2.05, 4.69) is 41.5 Å². The van der Waals surface area contributed by atoms with Crippen LogP contribution >= 0.6 is 0 Å². The SMILES string of the molecule is C[C](C)(C)[Zn][C](C)(C)C. The van der Waals surface area contributed by atoms with E-state index in [0.29, 0.717) is 8.02 Å². The fourth-order valence-corrected chi connectivity index (χ4v) is 8.27. The van der Waals surface area contributed by atoms with Gasteiger partial charge < -0.3 is 0 Å². The van der Waals surface area contributed by atoms with Crippen LogP contribution in [0.15, 0.2) is 0 Å². The second-order valence-corrected chi connectivity index (χ2v) is 14.9. The van der Waals surface area contributed by atoms with E-state index >= 15 is 0 Å². The van der Waals surface area contributed by atoms with Gasteiger partial charge in [-0.2, -0.15) is 0 Å². The zero-order valence-corrected chi connectivity index (χ0v) is 10.7. The molecule has 0 atom stereocenters. The standard InChI is InChI=1S/2C4H9.Zn/c2*1-4(2)3;/h2*1-3H3;. The molecule has 0 fully saturated rings. The zero-order chi connectivity index (χ0) is 7.71. The first kappa shape index (κ1) is 9.62. The van der Waals surface area contributed by atoms with Crippen LogP contribution in [0.4, 0.5) is 0 Å². The van der Waals surface area contributed by atoms with Crippen LogP contribution in [0.2, 0.25) is 8.02 Å². The average molecular weight is 180 g/mol. The monoisotopic (exact) mass is 178 g/mol. The van der Waals surface area contributed by atoms with Crippen molar-refractivity contribution < 1.29 is 17.1 Å². The van der Waals surface area contributed by atoms with Crippen molar-refractivity contribution in [1.82, 2.24) is 0 Å². The summed E-state index contributed by atoms with van der Waals surface area (Å²) < 4.78 is 1.34. The molecule has 0 bridgehead atoms. The predicted octanol–water partition coefficient (Wildman–Crippen LogP) is 3.51. The molecular weight excluding hydrogens is 161 g/mol. The molecule has 0 aromatic heterocycles. The second-order valence-electron chi connectivity index (χ2n) is 5.30. The van der Waals surface area contributed by atoms with Crippen molar-refractivity contribution in [1.29, 1.82) is 0 Å². The quantitative estimate of drug-likeness (QED) is 0.500. The van der Waals surface area contributed by atoms with Gasteiger partial charge >= 0.3 is 66.7 Å². The molecule has 0 radical (unpaired) electrons. The van der Waals surface area contributed by atoms with Gasteiger partial charge in [-0.1, -0.05) is 0 Å². The molecule has 52 valence electrons. The van der Waals surface area contributed by atoms with Gasteiger partial charge in [-0.15, -0.1) is 0 Å². The molecular formula is C8H18Zn. The van der Waals surface area contributed by atoms with Gasteiger partial charge in [0.25, 0.3) is 0 Å². The molecule has 0 aliphatic rings. The minimum atomic E-state index is -0.333. The van der Waals surface area contributed by atoms with Crippen LogP contribution in [0, 0.1) is 0 Å². The Bertz CT molecular complexity index is 69.7. The maximum absolute atomic E-state index is 2.37. The van der Waals surface area contributed by atoms with Crippen molar-refractivity contribution in [2.45, 2.75) is 49.6 Å². The molecule has 0 unspecified atom stereocenters. The first-order chi connectivity index (χ1) is 3.71. The van der Waals surface area contributed by atoms with Crippen LogP contribution in [0.1, 0.15) is 41.5 Å². The summed E-state index contributed by atoms with van der Waals surface area (Å²) in [5.74, 6) is 0. The van der Waals surface area contributed by atoms with Gasteiger partial charge in [0.2, 0.25) is 0 Å². The summed E-state index contributed by atoms with van der Waals surface area (Å²) in [6, 6.07) is 0. The van der Waals surface area contributed by atoms with E-state index < -0.39 is 0 Å². The van der Waals surface area contributed by atoms with E-state index in [1.54, 1.807) is 0 Å². The molecule has 0 aliphatic heterocycles. The van der Waals surface area contributed by atoms with Crippen LogP contribution < -0.4 is 0 Å². The summed E-state index contributed by atoms with van der Waals surface area (Å²) in [7, 11) is 0. The van der Waals surface area contributed by atoms with Crippen LogP contribution in [0.5, 0.6) is 0 Å². The summed E-state index contributed by atoms with van der Waals surface area (Å²) in [4.78, 5) is 0. The fourth-order valence-electron chi connectivity index (χ4n) is 1.59. The molecule has 1 heteroatoms. The third kappa shape index (κ3) is 8.62. The van der Waals surface area contributed by atoms with E-state index in [-0.39, 0.29) is 17.1 Å². The normalized spacial score (nSPS) is 13.1.